The van der Waals surface area contributed by atoms with Crippen molar-refractivity contribution in [1.82, 2.24) is 15.1 Å². The van der Waals surface area contributed by atoms with Crippen molar-refractivity contribution < 1.29 is 4.52 Å². The van der Waals surface area contributed by atoms with E-state index in [1.165, 1.54) is 5.56 Å². The van der Waals surface area contributed by atoms with E-state index in [1.807, 2.05) is 33.8 Å². The second-order valence-corrected chi connectivity index (χ2v) is 6.06. The van der Waals surface area contributed by atoms with Gasteiger partial charge in [-0.3, -0.25) is 5.43 Å². The highest BCUT2D eigenvalue weighted by molar-refractivity contribution is 5.99. The first-order valence-corrected chi connectivity index (χ1v) is 8.10. The van der Waals surface area contributed by atoms with Gasteiger partial charge in [-0.15, -0.1) is 0 Å². The van der Waals surface area contributed by atoms with Gasteiger partial charge in [0.2, 0.25) is 0 Å². The predicted molar refractivity (Wildman–Crippen MR) is 98.8 cm³/mol. The first kappa shape index (κ1) is 16.8. The fourth-order valence-corrected chi connectivity index (χ4v) is 2.60. The number of hydrazone groups is 1. The van der Waals surface area contributed by atoms with Crippen LogP contribution in [0.2, 0.25) is 0 Å². The molecule has 6 heteroatoms. The average molecular weight is 335 g/mol. The minimum atomic E-state index is 0.633. The zero-order chi connectivity index (χ0) is 18.0. The molecule has 0 aliphatic heterocycles. The van der Waals surface area contributed by atoms with Crippen LogP contribution < -0.4 is 5.43 Å². The van der Waals surface area contributed by atoms with E-state index in [9.17, 15) is 0 Å². The molecule has 0 aliphatic rings. The van der Waals surface area contributed by atoms with Gasteiger partial charge in [0.05, 0.1) is 22.7 Å². The summed E-state index contributed by atoms with van der Waals surface area (Å²) in [7, 11) is 0. The molecule has 0 radical (unpaired) electrons. The van der Waals surface area contributed by atoms with Gasteiger partial charge in [0.15, 0.2) is 5.82 Å². The Kier molecular flexibility index (Phi) is 4.61. The van der Waals surface area contributed by atoms with Crippen molar-refractivity contribution in [3.63, 3.8) is 0 Å². The molecular weight excluding hydrogens is 314 g/mol. The molecule has 0 spiro atoms. The summed E-state index contributed by atoms with van der Waals surface area (Å²) >= 11 is 0. The molecular formula is C19H21N5O. The van der Waals surface area contributed by atoms with E-state index in [0.717, 1.165) is 34.0 Å². The van der Waals surface area contributed by atoms with Crippen LogP contribution in [0.1, 0.15) is 35.3 Å². The lowest BCUT2D eigenvalue weighted by Crippen LogP contribution is -2.03. The predicted octanol–water partition coefficient (Wildman–Crippen LogP) is 4.20. The van der Waals surface area contributed by atoms with Gasteiger partial charge >= 0.3 is 0 Å². The number of anilines is 1. The maximum Gasteiger partial charge on any atom is 0.150 e. The molecule has 128 valence electrons. The van der Waals surface area contributed by atoms with Gasteiger partial charge in [-0.05, 0) is 40.2 Å². The molecule has 0 aliphatic carbocycles. The van der Waals surface area contributed by atoms with E-state index in [4.69, 9.17) is 4.52 Å². The molecule has 0 amide bonds. The first-order chi connectivity index (χ1) is 11.9. The molecule has 0 fully saturated rings. The Balaban J connectivity index is 1.88. The molecule has 1 N–H and O–H groups in total. The fourth-order valence-electron chi connectivity index (χ4n) is 2.60. The zero-order valence-corrected chi connectivity index (χ0v) is 15.1. The van der Waals surface area contributed by atoms with Crippen LogP contribution in [-0.2, 0) is 0 Å². The number of benzene rings is 1. The quantitative estimate of drug-likeness (QED) is 0.571. The SMILES string of the molecule is C/C(=N\Nc1cc(-c2c(C)noc2C)nc(C)n1)c1ccc(C)cc1. The van der Waals surface area contributed by atoms with E-state index in [-0.39, 0.29) is 0 Å². The van der Waals surface area contributed by atoms with Crippen molar-refractivity contribution in [2.45, 2.75) is 34.6 Å². The van der Waals surface area contributed by atoms with E-state index in [0.29, 0.717) is 11.6 Å². The Morgan fingerprint density at radius 2 is 1.76 bits per heavy atom. The highest BCUT2D eigenvalue weighted by Gasteiger charge is 2.14. The highest BCUT2D eigenvalue weighted by atomic mass is 16.5. The van der Waals surface area contributed by atoms with Crippen LogP contribution in [0.5, 0.6) is 0 Å². The van der Waals surface area contributed by atoms with Crippen molar-refractivity contribution in [3.8, 4) is 11.3 Å². The third-order valence-electron chi connectivity index (χ3n) is 3.93. The summed E-state index contributed by atoms with van der Waals surface area (Å²) in [5, 5.41) is 8.43. The third kappa shape index (κ3) is 3.74. The van der Waals surface area contributed by atoms with Gasteiger partial charge in [-0.25, -0.2) is 9.97 Å². The Hall–Kier alpha value is -3.02. The minimum Gasteiger partial charge on any atom is -0.361 e. The lowest BCUT2D eigenvalue weighted by Gasteiger charge is -2.07. The summed E-state index contributed by atoms with van der Waals surface area (Å²) < 4.78 is 5.24. The molecule has 0 saturated heterocycles. The number of hydrogen-bond donors (Lipinski definition) is 1. The average Bonchev–Trinajstić information content (AvgIpc) is 2.91. The van der Waals surface area contributed by atoms with E-state index >= 15 is 0 Å². The molecule has 2 heterocycles. The summed E-state index contributed by atoms with van der Waals surface area (Å²) in [6.07, 6.45) is 0. The smallest absolute Gasteiger partial charge is 0.150 e. The van der Waals surface area contributed by atoms with Crippen LogP contribution in [-0.4, -0.2) is 20.8 Å². The van der Waals surface area contributed by atoms with Crippen molar-refractivity contribution >= 4 is 11.5 Å². The second kappa shape index (κ2) is 6.84. The maximum atomic E-state index is 5.24. The maximum absolute atomic E-state index is 5.24. The van der Waals surface area contributed by atoms with E-state index in [1.54, 1.807) is 0 Å². The Bertz CT molecular complexity index is 906. The van der Waals surface area contributed by atoms with Gasteiger partial charge in [0.25, 0.3) is 0 Å². The molecule has 1 aromatic carbocycles. The summed E-state index contributed by atoms with van der Waals surface area (Å²) in [6, 6.07) is 10.1. The summed E-state index contributed by atoms with van der Waals surface area (Å²) in [4.78, 5) is 8.90. The normalized spacial score (nSPS) is 11.6. The van der Waals surface area contributed by atoms with Gasteiger partial charge < -0.3 is 4.52 Å². The van der Waals surface area contributed by atoms with Gasteiger partial charge in [-0.1, -0.05) is 35.0 Å². The topological polar surface area (TPSA) is 76.2 Å². The van der Waals surface area contributed by atoms with Crippen LogP contribution in [0.3, 0.4) is 0 Å². The van der Waals surface area contributed by atoms with Crippen LogP contribution in [0, 0.1) is 27.7 Å². The molecule has 0 bridgehead atoms. The molecule has 25 heavy (non-hydrogen) atoms. The van der Waals surface area contributed by atoms with Gasteiger partial charge in [-0.2, -0.15) is 5.10 Å². The van der Waals surface area contributed by atoms with Crippen molar-refractivity contribution in [3.05, 3.63) is 58.7 Å². The number of hydrogen-bond acceptors (Lipinski definition) is 6. The van der Waals surface area contributed by atoms with Crippen molar-refractivity contribution in [2.24, 2.45) is 5.10 Å². The third-order valence-corrected chi connectivity index (χ3v) is 3.93. The number of aryl methyl sites for hydroxylation is 4. The number of aromatic nitrogens is 3. The fraction of sp³-hybridized carbons (Fsp3) is 0.263. The molecule has 0 saturated carbocycles. The molecule has 6 nitrogen and oxygen atoms in total. The minimum absolute atomic E-state index is 0.633. The van der Waals surface area contributed by atoms with Crippen LogP contribution in [0.15, 0.2) is 40.0 Å². The zero-order valence-electron chi connectivity index (χ0n) is 15.1. The summed E-state index contributed by atoms with van der Waals surface area (Å²) in [5.74, 6) is 2.03. The summed E-state index contributed by atoms with van der Waals surface area (Å²) in [6.45, 7) is 9.65. The molecule has 3 aromatic rings. The second-order valence-electron chi connectivity index (χ2n) is 6.06. The largest absolute Gasteiger partial charge is 0.361 e. The number of nitrogens with one attached hydrogen (secondary N) is 1. The van der Waals surface area contributed by atoms with Crippen LogP contribution >= 0.6 is 0 Å². The molecule has 2 aromatic heterocycles. The van der Waals surface area contributed by atoms with Crippen LogP contribution in [0.4, 0.5) is 5.82 Å². The van der Waals surface area contributed by atoms with Crippen molar-refractivity contribution in [1.29, 1.82) is 0 Å². The molecule has 0 unspecified atom stereocenters. The van der Waals surface area contributed by atoms with Gasteiger partial charge in [0, 0.05) is 6.07 Å². The van der Waals surface area contributed by atoms with Crippen LogP contribution in [0.25, 0.3) is 11.3 Å². The van der Waals surface area contributed by atoms with Crippen molar-refractivity contribution in [2.75, 3.05) is 5.43 Å². The number of rotatable bonds is 4. The molecule has 0 atom stereocenters. The van der Waals surface area contributed by atoms with E-state index in [2.05, 4.69) is 56.8 Å². The summed E-state index contributed by atoms with van der Waals surface area (Å²) in [5.41, 5.74) is 8.67. The lowest BCUT2D eigenvalue weighted by atomic mass is 10.1. The highest BCUT2D eigenvalue weighted by Crippen LogP contribution is 2.26. The monoisotopic (exact) mass is 335 g/mol. The van der Waals surface area contributed by atoms with E-state index < -0.39 is 0 Å². The first-order valence-electron chi connectivity index (χ1n) is 8.10. The Labute approximate surface area is 147 Å². The Morgan fingerprint density at radius 1 is 1.04 bits per heavy atom. The Morgan fingerprint density at radius 3 is 2.40 bits per heavy atom. The standard InChI is InChI=1S/C19H21N5O/c1-11-6-8-16(9-7-11)12(2)22-23-18-10-17(20-15(5)21-18)19-13(3)24-25-14(19)4/h6-10H,1-5H3,(H,20,21,23)/b22-12+. The number of nitrogens with zero attached hydrogens (tertiary/aromatic N) is 4. The van der Waals surface area contributed by atoms with Gasteiger partial charge in [0.1, 0.15) is 11.6 Å². The lowest BCUT2D eigenvalue weighted by molar-refractivity contribution is 0.393. The molecule has 3 rings (SSSR count).